The predicted octanol–water partition coefficient (Wildman–Crippen LogP) is 4.08. The van der Waals surface area contributed by atoms with E-state index in [1.165, 1.54) is 19.3 Å². The van der Waals surface area contributed by atoms with Crippen LogP contribution in [-0.4, -0.2) is 13.1 Å². The molecule has 0 saturated heterocycles. The van der Waals surface area contributed by atoms with Crippen molar-refractivity contribution >= 4 is 0 Å². The van der Waals surface area contributed by atoms with Gasteiger partial charge in [-0.2, -0.15) is 0 Å². The molecular weight excluding hydrogens is 194 g/mol. The average Bonchev–Trinajstić information content (AvgIpc) is 2.62. The van der Waals surface area contributed by atoms with E-state index in [0.29, 0.717) is 16.9 Å². The summed E-state index contributed by atoms with van der Waals surface area (Å²) in [5, 5.41) is 3.57. The zero-order chi connectivity index (χ0) is 12.6. The van der Waals surface area contributed by atoms with Crippen molar-refractivity contribution in [1.82, 2.24) is 5.32 Å². The van der Waals surface area contributed by atoms with E-state index >= 15 is 0 Å². The second-order valence-electron chi connectivity index (χ2n) is 6.73. The van der Waals surface area contributed by atoms with Crippen LogP contribution < -0.4 is 5.32 Å². The highest BCUT2D eigenvalue weighted by Crippen LogP contribution is 2.70. The third-order valence-corrected chi connectivity index (χ3v) is 5.65. The molecule has 1 saturated carbocycles. The normalized spacial score (nSPS) is 24.8. The van der Waals surface area contributed by atoms with Crippen LogP contribution >= 0.6 is 0 Å². The van der Waals surface area contributed by atoms with Crippen LogP contribution in [0.5, 0.6) is 0 Å². The SMILES string of the molecule is CCC(CC)CC(NC)C1C(C)(C)C1(C)C. The van der Waals surface area contributed by atoms with E-state index in [2.05, 4.69) is 53.9 Å². The lowest BCUT2D eigenvalue weighted by molar-refractivity contribution is 0.322. The monoisotopic (exact) mass is 225 g/mol. The van der Waals surface area contributed by atoms with Crippen LogP contribution in [0, 0.1) is 22.7 Å². The topological polar surface area (TPSA) is 12.0 Å². The lowest BCUT2D eigenvalue weighted by Gasteiger charge is -2.23. The summed E-state index contributed by atoms with van der Waals surface area (Å²) < 4.78 is 0. The second-order valence-corrected chi connectivity index (χ2v) is 6.73. The van der Waals surface area contributed by atoms with Crippen molar-refractivity contribution in [1.29, 1.82) is 0 Å². The molecule has 1 heteroatoms. The molecule has 0 bridgehead atoms. The van der Waals surface area contributed by atoms with Gasteiger partial charge in [0.25, 0.3) is 0 Å². The van der Waals surface area contributed by atoms with Gasteiger partial charge in [0.05, 0.1) is 0 Å². The molecule has 0 spiro atoms. The smallest absolute Gasteiger partial charge is 0.0106 e. The molecule has 0 heterocycles. The molecule has 96 valence electrons. The van der Waals surface area contributed by atoms with E-state index < -0.39 is 0 Å². The van der Waals surface area contributed by atoms with Crippen LogP contribution in [0.25, 0.3) is 0 Å². The number of nitrogens with one attached hydrogen (secondary N) is 1. The molecule has 0 radical (unpaired) electrons. The molecule has 1 nitrogen and oxygen atoms in total. The van der Waals surface area contributed by atoms with Crippen LogP contribution in [-0.2, 0) is 0 Å². The Morgan fingerprint density at radius 3 is 1.69 bits per heavy atom. The Kier molecular flexibility index (Phi) is 4.10. The fourth-order valence-electron chi connectivity index (χ4n) is 3.66. The van der Waals surface area contributed by atoms with E-state index in [4.69, 9.17) is 0 Å². The van der Waals surface area contributed by atoms with Crippen LogP contribution in [0.4, 0.5) is 0 Å². The number of hydrogen-bond acceptors (Lipinski definition) is 1. The van der Waals surface area contributed by atoms with E-state index in [9.17, 15) is 0 Å². The molecule has 1 aliphatic carbocycles. The van der Waals surface area contributed by atoms with Crippen LogP contribution in [0.15, 0.2) is 0 Å². The van der Waals surface area contributed by atoms with Crippen molar-refractivity contribution in [3.63, 3.8) is 0 Å². The minimum absolute atomic E-state index is 0.507. The molecule has 0 aromatic heterocycles. The molecular formula is C15H31N. The van der Waals surface area contributed by atoms with Crippen molar-refractivity contribution in [2.75, 3.05) is 7.05 Å². The molecule has 1 aliphatic rings. The Labute approximate surface area is 102 Å². The Morgan fingerprint density at radius 2 is 1.44 bits per heavy atom. The second kappa shape index (κ2) is 4.68. The van der Waals surface area contributed by atoms with Gasteiger partial charge in [0.1, 0.15) is 0 Å². The van der Waals surface area contributed by atoms with Gasteiger partial charge in [0.2, 0.25) is 0 Å². The van der Waals surface area contributed by atoms with Gasteiger partial charge in [0, 0.05) is 6.04 Å². The fraction of sp³-hybridized carbons (Fsp3) is 1.00. The number of hydrogen-bond donors (Lipinski definition) is 1. The maximum atomic E-state index is 3.57. The number of rotatable bonds is 6. The van der Waals surface area contributed by atoms with Crippen molar-refractivity contribution in [2.24, 2.45) is 22.7 Å². The summed E-state index contributed by atoms with van der Waals surface area (Å²) in [7, 11) is 2.14. The Bertz CT molecular complexity index is 212. The van der Waals surface area contributed by atoms with Gasteiger partial charge in [-0.15, -0.1) is 0 Å². The van der Waals surface area contributed by atoms with Gasteiger partial charge < -0.3 is 5.32 Å². The summed E-state index contributed by atoms with van der Waals surface area (Å²) in [5.41, 5.74) is 1.01. The Hall–Kier alpha value is -0.0400. The Morgan fingerprint density at radius 1 is 1.00 bits per heavy atom. The third-order valence-electron chi connectivity index (χ3n) is 5.65. The van der Waals surface area contributed by atoms with Gasteiger partial charge in [-0.1, -0.05) is 54.4 Å². The van der Waals surface area contributed by atoms with Gasteiger partial charge in [-0.25, -0.2) is 0 Å². The van der Waals surface area contributed by atoms with Crippen LogP contribution in [0.3, 0.4) is 0 Å². The van der Waals surface area contributed by atoms with Crippen molar-refractivity contribution in [2.45, 2.75) is 66.8 Å². The molecule has 1 atom stereocenters. The Balaban J connectivity index is 2.64. The first-order valence-corrected chi connectivity index (χ1v) is 7.00. The molecule has 0 aromatic rings. The molecule has 1 N–H and O–H groups in total. The molecule has 1 unspecified atom stereocenters. The highest BCUT2D eigenvalue weighted by atomic mass is 14.9. The third kappa shape index (κ3) is 2.16. The van der Waals surface area contributed by atoms with Gasteiger partial charge in [-0.05, 0) is 36.1 Å². The lowest BCUT2D eigenvalue weighted by Crippen LogP contribution is -2.32. The van der Waals surface area contributed by atoms with Gasteiger partial charge >= 0.3 is 0 Å². The zero-order valence-electron chi connectivity index (χ0n) is 12.4. The van der Waals surface area contributed by atoms with Crippen molar-refractivity contribution in [3.8, 4) is 0 Å². The highest BCUT2D eigenvalue weighted by molar-refractivity contribution is 5.16. The predicted molar refractivity (Wildman–Crippen MR) is 72.6 cm³/mol. The van der Waals surface area contributed by atoms with Gasteiger partial charge in [0.15, 0.2) is 0 Å². The minimum atomic E-state index is 0.507. The summed E-state index contributed by atoms with van der Waals surface area (Å²) >= 11 is 0. The first kappa shape index (κ1) is 14.0. The largest absolute Gasteiger partial charge is 0.317 e. The van der Waals surface area contributed by atoms with Crippen molar-refractivity contribution in [3.05, 3.63) is 0 Å². The standard InChI is InChI=1S/C15H31N/c1-8-11(9-2)10-12(16-7)13-14(3,4)15(13,5)6/h11-13,16H,8-10H2,1-7H3. The van der Waals surface area contributed by atoms with E-state index in [0.717, 1.165) is 11.8 Å². The summed E-state index contributed by atoms with van der Waals surface area (Å²) in [6.07, 6.45) is 3.99. The van der Waals surface area contributed by atoms with Crippen molar-refractivity contribution < 1.29 is 0 Å². The molecule has 0 aliphatic heterocycles. The molecule has 16 heavy (non-hydrogen) atoms. The van der Waals surface area contributed by atoms with E-state index in [-0.39, 0.29) is 0 Å². The average molecular weight is 225 g/mol. The quantitative estimate of drug-likeness (QED) is 0.718. The summed E-state index contributed by atoms with van der Waals surface area (Å²) in [4.78, 5) is 0. The summed E-state index contributed by atoms with van der Waals surface area (Å²) in [6.45, 7) is 14.3. The molecule has 0 aromatic carbocycles. The molecule has 1 fully saturated rings. The highest BCUT2D eigenvalue weighted by Gasteiger charge is 2.66. The molecule has 0 amide bonds. The van der Waals surface area contributed by atoms with Gasteiger partial charge in [-0.3, -0.25) is 0 Å². The maximum Gasteiger partial charge on any atom is 0.0106 e. The fourth-order valence-corrected chi connectivity index (χ4v) is 3.66. The van der Waals surface area contributed by atoms with Crippen LogP contribution in [0.1, 0.15) is 60.8 Å². The minimum Gasteiger partial charge on any atom is -0.317 e. The zero-order valence-corrected chi connectivity index (χ0v) is 12.4. The van der Waals surface area contributed by atoms with E-state index in [1.54, 1.807) is 0 Å². The van der Waals surface area contributed by atoms with E-state index in [1.807, 2.05) is 0 Å². The summed E-state index contributed by atoms with van der Waals surface area (Å²) in [5.74, 6) is 1.73. The lowest BCUT2D eigenvalue weighted by atomic mass is 9.90. The maximum absolute atomic E-state index is 3.57. The summed E-state index contributed by atoms with van der Waals surface area (Å²) in [6, 6.07) is 0.704. The first-order chi connectivity index (χ1) is 7.32. The van der Waals surface area contributed by atoms with Crippen LogP contribution in [0.2, 0.25) is 0 Å². The first-order valence-electron chi connectivity index (χ1n) is 7.00. The molecule has 1 rings (SSSR count).